The van der Waals surface area contributed by atoms with Gasteiger partial charge >= 0.3 is 0 Å². The van der Waals surface area contributed by atoms with Crippen LogP contribution in [0.3, 0.4) is 0 Å². The number of rotatable bonds is 3. The summed E-state index contributed by atoms with van der Waals surface area (Å²) in [4.78, 5) is 0. The van der Waals surface area contributed by atoms with Gasteiger partial charge in [0, 0.05) is 12.1 Å². The van der Waals surface area contributed by atoms with Crippen LogP contribution in [0.4, 0.5) is 0 Å². The van der Waals surface area contributed by atoms with Crippen molar-refractivity contribution < 1.29 is 0 Å². The Morgan fingerprint density at radius 3 is 2.50 bits per heavy atom. The Morgan fingerprint density at radius 2 is 1.78 bits per heavy atom. The molecule has 0 spiro atoms. The summed E-state index contributed by atoms with van der Waals surface area (Å²) in [5.41, 5.74) is 2.76. The summed E-state index contributed by atoms with van der Waals surface area (Å²) in [5.74, 6) is 0.923. The first kappa shape index (κ1) is 13.6. The number of hydrogen-bond donors (Lipinski definition) is 1. The molecule has 100 valence electrons. The molecule has 3 atom stereocenters. The molecule has 0 radical (unpaired) electrons. The predicted molar refractivity (Wildman–Crippen MR) is 78.8 cm³/mol. The first-order chi connectivity index (χ1) is 8.65. The molecule has 1 fully saturated rings. The molecule has 1 aliphatic rings. The summed E-state index contributed by atoms with van der Waals surface area (Å²) in [6.07, 6.45) is 6.88. The normalized spacial score (nSPS) is 26.6. The van der Waals surface area contributed by atoms with Crippen LogP contribution in [-0.2, 0) is 0 Å². The Hall–Kier alpha value is -0.820. The summed E-state index contributed by atoms with van der Waals surface area (Å²) in [6, 6.07) is 10.1. The number of nitrogens with one attached hydrogen (secondary N) is 1. The van der Waals surface area contributed by atoms with E-state index < -0.39 is 0 Å². The fourth-order valence-corrected chi connectivity index (χ4v) is 2.96. The molecule has 0 bridgehead atoms. The minimum Gasteiger partial charge on any atom is -0.307 e. The maximum Gasteiger partial charge on any atom is 0.0294 e. The first-order valence-corrected chi connectivity index (χ1v) is 7.48. The van der Waals surface area contributed by atoms with E-state index in [1.54, 1.807) is 0 Å². The minimum atomic E-state index is 0.476. The molecule has 0 heterocycles. The summed E-state index contributed by atoms with van der Waals surface area (Å²) >= 11 is 0. The fourth-order valence-electron chi connectivity index (χ4n) is 2.96. The fraction of sp³-hybridized carbons (Fsp3) is 0.647. The highest BCUT2D eigenvalue weighted by Gasteiger charge is 2.18. The van der Waals surface area contributed by atoms with E-state index in [9.17, 15) is 0 Å². The summed E-state index contributed by atoms with van der Waals surface area (Å²) in [5, 5.41) is 3.82. The lowest BCUT2D eigenvalue weighted by atomic mass is 10.0. The smallest absolute Gasteiger partial charge is 0.0294 e. The second-order valence-electron chi connectivity index (χ2n) is 6.11. The van der Waals surface area contributed by atoms with Crippen molar-refractivity contribution in [2.24, 2.45) is 5.92 Å². The van der Waals surface area contributed by atoms with Crippen molar-refractivity contribution in [3.05, 3.63) is 35.4 Å². The van der Waals surface area contributed by atoms with Crippen molar-refractivity contribution in [3.63, 3.8) is 0 Å². The molecule has 0 aliphatic heterocycles. The van der Waals surface area contributed by atoms with E-state index in [4.69, 9.17) is 0 Å². The Balaban J connectivity index is 1.90. The quantitative estimate of drug-likeness (QED) is 0.767. The number of aryl methyl sites for hydroxylation is 1. The van der Waals surface area contributed by atoms with Crippen LogP contribution in [0.1, 0.15) is 63.1 Å². The van der Waals surface area contributed by atoms with Crippen LogP contribution >= 0.6 is 0 Å². The Morgan fingerprint density at radius 1 is 1.06 bits per heavy atom. The molecule has 1 N–H and O–H groups in total. The van der Waals surface area contributed by atoms with E-state index in [0.717, 1.165) is 5.92 Å². The highest BCUT2D eigenvalue weighted by molar-refractivity contribution is 5.23. The summed E-state index contributed by atoms with van der Waals surface area (Å²) in [6.45, 7) is 6.83. The van der Waals surface area contributed by atoms with Crippen molar-refractivity contribution in [2.45, 2.75) is 65.0 Å². The van der Waals surface area contributed by atoms with E-state index in [-0.39, 0.29) is 0 Å². The monoisotopic (exact) mass is 245 g/mol. The summed E-state index contributed by atoms with van der Waals surface area (Å²) in [7, 11) is 0. The van der Waals surface area contributed by atoms with Gasteiger partial charge in [0.2, 0.25) is 0 Å². The van der Waals surface area contributed by atoms with Crippen molar-refractivity contribution in [3.8, 4) is 0 Å². The van der Waals surface area contributed by atoms with Crippen LogP contribution < -0.4 is 5.32 Å². The van der Waals surface area contributed by atoms with Gasteiger partial charge < -0.3 is 5.32 Å². The van der Waals surface area contributed by atoms with Crippen molar-refractivity contribution >= 4 is 0 Å². The van der Waals surface area contributed by atoms with Gasteiger partial charge in [-0.05, 0) is 44.6 Å². The van der Waals surface area contributed by atoms with E-state index in [1.807, 2.05) is 0 Å². The largest absolute Gasteiger partial charge is 0.307 e. The van der Waals surface area contributed by atoms with Crippen LogP contribution in [0, 0.1) is 12.8 Å². The zero-order chi connectivity index (χ0) is 13.0. The molecule has 0 amide bonds. The Kier molecular flexibility index (Phi) is 4.82. The van der Waals surface area contributed by atoms with Gasteiger partial charge in [-0.25, -0.2) is 0 Å². The topological polar surface area (TPSA) is 12.0 Å². The maximum atomic E-state index is 3.82. The third-order valence-corrected chi connectivity index (χ3v) is 4.32. The molecule has 0 aromatic heterocycles. The standard InChI is InChI=1S/C17H27N/c1-13-5-4-6-17(12-9-13)18-15(3)16-10-7-14(2)8-11-16/h7-8,10-11,13,15,17-18H,4-6,9,12H2,1-3H3. The van der Waals surface area contributed by atoms with Gasteiger partial charge in [-0.3, -0.25) is 0 Å². The van der Waals surface area contributed by atoms with Gasteiger partial charge in [0.1, 0.15) is 0 Å². The molecule has 1 heteroatoms. The first-order valence-electron chi connectivity index (χ1n) is 7.48. The molecule has 18 heavy (non-hydrogen) atoms. The van der Waals surface area contributed by atoms with Gasteiger partial charge in [0.25, 0.3) is 0 Å². The lowest BCUT2D eigenvalue weighted by Gasteiger charge is -2.22. The molecule has 1 saturated carbocycles. The predicted octanol–water partition coefficient (Wildman–Crippen LogP) is 4.61. The van der Waals surface area contributed by atoms with Gasteiger partial charge in [0.05, 0.1) is 0 Å². The van der Waals surface area contributed by atoms with Gasteiger partial charge in [0.15, 0.2) is 0 Å². The van der Waals surface area contributed by atoms with Crippen molar-refractivity contribution in [1.82, 2.24) is 5.32 Å². The molecule has 0 saturated heterocycles. The SMILES string of the molecule is Cc1ccc(C(C)NC2CCCC(C)CC2)cc1. The highest BCUT2D eigenvalue weighted by Crippen LogP contribution is 2.24. The Bertz CT molecular complexity index is 354. The zero-order valence-corrected chi connectivity index (χ0v) is 12.1. The van der Waals surface area contributed by atoms with Crippen LogP contribution in [0.15, 0.2) is 24.3 Å². The molecule has 2 rings (SSSR count). The zero-order valence-electron chi connectivity index (χ0n) is 12.1. The molecular weight excluding hydrogens is 218 g/mol. The molecule has 1 aliphatic carbocycles. The summed E-state index contributed by atoms with van der Waals surface area (Å²) < 4.78 is 0. The Labute approximate surface area is 112 Å². The lowest BCUT2D eigenvalue weighted by Crippen LogP contribution is -2.31. The van der Waals surface area contributed by atoms with Crippen molar-refractivity contribution in [1.29, 1.82) is 0 Å². The second-order valence-corrected chi connectivity index (χ2v) is 6.11. The molecule has 1 aromatic carbocycles. The van der Waals surface area contributed by atoms with Crippen LogP contribution in [0.25, 0.3) is 0 Å². The van der Waals surface area contributed by atoms with Gasteiger partial charge in [-0.15, -0.1) is 0 Å². The van der Waals surface area contributed by atoms with Gasteiger partial charge in [-0.2, -0.15) is 0 Å². The average molecular weight is 245 g/mol. The molecular formula is C17H27N. The van der Waals surface area contributed by atoms with E-state index in [2.05, 4.69) is 50.4 Å². The van der Waals surface area contributed by atoms with Crippen LogP contribution in [0.5, 0.6) is 0 Å². The highest BCUT2D eigenvalue weighted by atomic mass is 14.9. The lowest BCUT2D eigenvalue weighted by molar-refractivity contribution is 0.408. The second kappa shape index (κ2) is 6.38. The van der Waals surface area contributed by atoms with E-state index in [1.165, 1.54) is 43.2 Å². The van der Waals surface area contributed by atoms with Crippen LogP contribution in [-0.4, -0.2) is 6.04 Å². The van der Waals surface area contributed by atoms with E-state index >= 15 is 0 Å². The average Bonchev–Trinajstić information content (AvgIpc) is 2.55. The van der Waals surface area contributed by atoms with Crippen molar-refractivity contribution in [2.75, 3.05) is 0 Å². The van der Waals surface area contributed by atoms with Crippen LogP contribution in [0.2, 0.25) is 0 Å². The third-order valence-electron chi connectivity index (χ3n) is 4.32. The van der Waals surface area contributed by atoms with E-state index in [0.29, 0.717) is 12.1 Å². The minimum absolute atomic E-state index is 0.476. The molecule has 3 unspecified atom stereocenters. The third kappa shape index (κ3) is 3.84. The number of hydrogen-bond acceptors (Lipinski definition) is 1. The molecule has 1 nitrogen and oxygen atoms in total. The van der Waals surface area contributed by atoms with Gasteiger partial charge in [-0.1, -0.05) is 49.6 Å². The number of benzene rings is 1. The molecule has 1 aromatic rings. The maximum absolute atomic E-state index is 3.82.